The van der Waals surface area contributed by atoms with Crippen LogP contribution in [-0.4, -0.2) is 0 Å². The number of fused-ring (bicyclic) bond motifs is 3. The van der Waals surface area contributed by atoms with E-state index in [2.05, 4.69) is 241 Å². The Morgan fingerprint density at radius 3 is 1.21 bits per heavy atom. The van der Waals surface area contributed by atoms with Crippen molar-refractivity contribution in [2.45, 2.75) is 0 Å². The number of para-hydroxylation sites is 1. The van der Waals surface area contributed by atoms with E-state index < -0.39 is 0 Å². The second-order valence-electron chi connectivity index (χ2n) is 14.5. The van der Waals surface area contributed by atoms with E-state index >= 15 is 0 Å². The molecule has 0 heterocycles. The lowest BCUT2D eigenvalue weighted by Crippen LogP contribution is -2.09. The van der Waals surface area contributed by atoms with Crippen LogP contribution in [0.15, 0.2) is 237 Å². The monoisotopic (exact) mass is 725 g/mol. The van der Waals surface area contributed by atoms with Crippen molar-refractivity contribution in [1.82, 2.24) is 0 Å². The van der Waals surface area contributed by atoms with Gasteiger partial charge in [0.1, 0.15) is 0 Å². The maximum atomic E-state index is 2.38. The van der Waals surface area contributed by atoms with Gasteiger partial charge in [-0.15, -0.1) is 0 Å². The first kappa shape index (κ1) is 34.0. The van der Waals surface area contributed by atoms with Crippen LogP contribution in [0.4, 0.5) is 17.1 Å². The third-order valence-corrected chi connectivity index (χ3v) is 11.1. The van der Waals surface area contributed by atoms with Crippen molar-refractivity contribution in [3.05, 3.63) is 237 Å². The molecule has 1 nitrogen and oxygen atoms in total. The molecule has 10 aromatic carbocycles. The summed E-state index contributed by atoms with van der Waals surface area (Å²) in [6.07, 6.45) is 0. The predicted octanol–water partition coefficient (Wildman–Crippen LogP) is 15.8. The highest BCUT2D eigenvalue weighted by atomic mass is 15.1. The lowest BCUT2D eigenvalue weighted by atomic mass is 9.85. The molecule has 0 amide bonds. The standard InChI is InChI=1S/C56H39N/c1-6-18-41(19-7-1)49-36-32-45(38-53(49)42-20-8-2-9-21-42)40-30-33-47(34-31-40)57(46-26-14-5-15-27-46)48-35-37-52-54(39-48)50-28-16-17-29-51(50)55(43-22-10-3-11-23-43)56(52)44-24-12-4-13-25-44/h1-39H. The minimum atomic E-state index is 1.10. The lowest BCUT2D eigenvalue weighted by Gasteiger charge is -2.27. The van der Waals surface area contributed by atoms with Crippen LogP contribution in [0, 0.1) is 0 Å². The van der Waals surface area contributed by atoms with Crippen LogP contribution in [-0.2, 0) is 0 Å². The van der Waals surface area contributed by atoms with Gasteiger partial charge < -0.3 is 4.90 Å². The van der Waals surface area contributed by atoms with E-state index in [1.54, 1.807) is 0 Å². The molecule has 57 heavy (non-hydrogen) atoms. The smallest absolute Gasteiger partial charge is 0.0468 e. The van der Waals surface area contributed by atoms with E-state index in [0.717, 1.165) is 17.1 Å². The molecule has 10 aromatic rings. The Hall–Kier alpha value is -7.48. The first-order chi connectivity index (χ1) is 28.3. The van der Waals surface area contributed by atoms with Crippen molar-refractivity contribution in [2.24, 2.45) is 0 Å². The molecule has 1 heteroatoms. The zero-order valence-corrected chi connectivity index (χ0v) is 31.5. The van der Waals surface area contributed by atoms with Crippen molar-refractivity contribution < 1.29 is 0 Å². The highest BCUT2D eigenvalue weighted by molar-refractivity contribution is 6.22. The molecular formula is C56H39N. The maximum Gasteiger partial charge on any atom is 0.0468 e. The van der Waals surface area contributed by atoms with Gasteiger partial charge in [-0.2, -0.15) is 0 Å². The van der Waals surface area contributed by atoms with Gasteiger partial charge in [-0.05, 0) is 120 Å². The highest BCUT2D eigenvalue weighted by Crippen LogP contribution is 2.47. The third-order valence-electron chi connectivity index (χ3n) is 11.1. The summed E-state index contributed by atoms with van der Waals surface area (Å²) in [5, 5.41) is 4.95. The summed E-state index contributed by atoms with van der Waals surface area (Å²) in [5.41, 5.74) is 15.5. The van der Waals surface area contributed by atoms with Gasteiger partial charge in [-0.1, -0.05) is 194 Å². The van der Waals surface area contributed by atoms with Crippen molar-refractivity contribution in [1.29, 1.82) is 0 Å². The molecule has 0 saturated heterocycles. The summed E-state index contributed by atoms with van der Waals surface area (Å²) in [7, 11) is 0. The fourth-order valence-electron chi connectivity index (χ4n) is 8.40. The lowest BCUT2D eigenvalue weighted by molar-refractivity contribution is 1.29. The maximum absolute atomic E-state index is 2.38. The summed E-state index contributed by atoms with van der Waals surface area (Å²) in [6, 6.07) is 85.5. The summed E-state index contributed by atoms with van der Waals surface area (Å²) < 4.78 is 0. The quantitative estimate of drug-likeness (QED) is 0.141. The fraction of sp³-hybridized carbons (Fsp3) is 0. The first-order valence-electron chi connectivity index (χ1n) is 19.6. The average Bonchev–Trinajstić information content (AvgIpc) is 3.30. The van der Waals surface area contributed by atoms with E-state index in [4.69, 9.17) is 0 Å². The van der Waals surface area contributed by atoms with Crippen molar-refractivity contribution in [2.75, 3.05) is 4.90 Å². The Kier molecular flexibility index (Phi) is 8.95. The minimum Gasteiger partial charge on any atom is -0.310 e. The zero-order valence-electron chi connectivity index (χ0n) is 31.5. The molecule has 0 N–H and O–H groups in total. The summed E-state index contributed by atoms with van der Waals surface area (Å²) in [6.45, 7) is 0. The van der Waals surface area contributed by atoms with Crippen LogP contribution in [0.2, 0.25) is 0 Å². The van der Waals surface area contributed by atoms with Gasteiger partial charge in [0.2, 0.25) is 0 Å². The van der Waals surface area contributed by atoms with Crippen LogP contribution >= 0.6 is 0 Å². The van der Waals surface area contributed by atoms with Crippen LogP contribution in [0.25, 0.3) is 77.2 Å². The van der Waals surface area contributed by atoms with Gasteiger partial charge >= 0.3 is 0 Å². The second-order valence-corrected chi connectivity index (χ2v) is 14.5. The van der Waals surface area contributed by atoms with Crippen LogP contribution < -0.4 is 4.90 Å². The Bertz CT molecular complexity index is 2960. The third kappa shape index (κ3) is 6.46. The Balaban J connectivity index is 1.12. The molecule has 268 valence electrons. The number of benzene rings is 10. The molecule has 0 bridgehead atoms. The SMILES string of the molecule is c1ccc(-c2ccc(-c3ccc(N(c4ccccc4)c4ccc5c(-c6ccccc6)c(-c6ccccc6)c6ccccc6c5c4)cc3)cc2-c2ccccc2)cc1. The molecule has 0 fully saturated rings. The first-order valence-corrected chi connectivity index (χ1v) is 19.6. The molecule has 0 saturated carbocycles. The molecule has 0 aliphatic heterocycles. The Labute approximate surface area is 334 Å². The van der Waals surface area contributed by atoms with E-state index in [-0.39, 0.29) is 0 Å². The van der Waals surface area contributed by atoms with E-state index in [0.29, 0.717) is 0 Å². The molecular weight excluding hydrogens is 687 g/mol. The number of rotatable bonds is 8. The second kappa shape index (κ2) is 15.0. The van der Waals surface area contributed by atoms with Crippen LogP contribution in [0.3, 0.4) is 0 Å². The largest absolute Gasteiger partial charge is 0.310 e. The topological polar surface area (TPSA) is 3.24 Å². The highest BCUT2D eigenvalue weighted by Gasteiger charge is 2.20. The van der Waals surface area contributed by atoms with Gasteiger partial charge in [-0.3, -0.25) is 0 Å². The van der Waals surface area contributed by atoms with Crippen molar-refractivity contribution in [3.8, 4) is 55.6 Å². The molecule has 0 aliphatic rings. The van der Waals surface area contributed by atoms with E-state index in [1.807, 2.05) is 0 Å². The van der Waals surface area contributed by atoms with Gasteiger partial charge in [0.25, 0.3) is 0 Å². The van der Waals surface area contributed by atoms with Gasteiger partial charge in [0.05, 0.1) is 0 Å². The summed E-state index contributed by atoms with van der Waals surface area (Å²) in [5.74, 6) is 0. The van der Waals surface area contributed by atoms with Crippen molar-refractivity contribution in [3.63, 3.8) is 0 Å². The van der Waals surface area contributed by atoms with Gasteiger partial charge in [0, 0.05) is 17.1 Å². The van der Waals surface area contributed by atoms with E-state index in [1.165, 1.54) is 77.2 Å². The number of nitrogens with zero attached hydrogens (tertiary/aromatic N) is 1. The molecule has 10 rings (SSSR count). The summed E-state index contributed by atoms with van der Waals surface area (Å²) in [4.78, 5) is 2.37. The normalized spacial score (nSPS) is 11.2. The molecule has 0 spiro atoms. The average molecular weight is 726 g/mol. The predicted molar refractivity (Wildman–Crippen MR) is 243 cm³/mol. The Morgan fingerprint density at radius 1 is 0.211 bits per heavy atom. The number of hydrogen-bond acceptors (Lipinski definition) is 1. The zero-order chi connectivity index (χ0) is 38.0. The minimum absolute atomic E-state index is 1.10. The number of hydrogen-bond donors (Lipinski definition) is 0. The number of anilines is 3. The molecule has 0 atom stereocenters. The molecule has 0 aliphatic carbocycles. The molecule has 0 radical (unpaired) electrons. The molecule has 0 unspecified atom stereocenters. The van der Waals surface area contributed by atoms with Crippen molar-refractivity contribution >= 4 is 38.6 Å². The van der Waals surface area contributed by atoms with E-state index in [9.17, 15) is 0 Å². The van der Waals surface area contributed by atoms with Gasteiger partial charge in [-0.25, -0.2) is 0 Å². The van der Waals surface area contributed by atoms with Gasteiger partial charge in [0.15, 0.2) is 0 Å². The van der Waals surface area contributed by atoms with Crippen LogP contribution in [0.1, 0.15) is 0 Å². The Morgan fingerprint density at radius 2 is 0.632 bits per heavy atom. The summed E-state index contributed by atoms with van der Waals surface area (Å²) >= 11 is 0. The molecule has 0 aromatic heterocycles. The van der Waals surface area contributed by atoms with Crippen LogP contribution in [0.5, 0.6) is 0 Å². The fourth-order valence-corrected chi connectivity index (χ4v) is 8.40.